The van der Waals surface area contributed by atoms with E-state index in [0.29, 0.717) is 5.89 Å². The van der Waals surface area contributed by atoms with Crippen LogP contribution in [0.15, 0.2) is 4.42 Å². The van der Waals surface area contributed by atoms with Crippen molar-refractivity contribution in [3.8, 4) is 0 Å². The highest BCUT2D eigenvalue weighted by molar-refractivity contribution is 5.78. The number of nitrogens with zero attached hydrogens (tertiary/aromatic N) is 3. The Morgan fingerprint density at radius 1 is 1.43 bits per heavy atom. The van der Waals surface area contributed by atoms with Crippen LogP contribution in [0.3, 0.4) is 0 Å². The molecule has 0 saturated carbocycles. The third-order valence-corrected chi connectivity index (χ3v) is 3.18. The molecule has 0 unspecified atom stereocenters. The molecule has 1 aliphatic rings. The van der Waals surface area contributed by atoms with E-state index in [0.717, 1.165) is 0 Å². The highest BCUT2D eigenvalue weighted by Gasteiger charge is 2.34. The van der Waals surface area contributed by atoms with Crippen LogP contribution >= 0.6 is 0 Å². The van der Waals surface area contributed by atoms with Gasteiger partial charge in [0.1, 0.15) is 19.3 Å². The molecule has 1 aromatic heterocycles. The van der Waals surface area contributed by atoms with Crippen molar-refractivity contribution in [2.75, 3.05) is 33.0 Å². The summed E-state index contributed by atoms with van der Waals surface area (Å²) in [5.74, 6) is 0.0794. The van der Waals surface area contributed by atoms with Crippen LogP contribution in [0.4, 0.5) is 13.2 Å². The lowest BCUT2D eigenvalue weighted by molar-refractivity contribution is -0.180. The second kappa shape index (κ2) is 7.26. The molecule has 1 aromatic rings. The van der Waals surface area contributed by atoms with E-state index in [9.17, 15) is 18.0 Å². The molecule has 0 spiro atoms. The highest BCUT2D eigenvalue weighted by Crippen LogP contribution is 2.25. The first-order valence-corrected chi connectivity index (χ1v) is 7.13. The van der Waals surface area contributed by atoms with Crippen LogP contribution in [0.2, 0.25) is 0 Å². The summed E-state index contributed by atoms with van der Waals surface area (Å²) < 4.78 is 51.4. The summed E-state index contributed by atoms with van der Waals surface area (Å²) in [5, 5.41) is 7.79. The van der Waals surface area contributed by atoms with E-state index in [1.54, 1.807) is 0 Å². The average molecular weight is 337 g/mol. The molecule has 1 fully saturated rings. The van der Waals surface area contributed by atoms with E-state index < -0.39 is 31.3 Å². The third-order valence-electron chi connectivity index (χ3n) is 3.18. The van der Waals surface area contributed by atoms with Crippen LogP contribution in [-0.2, 0) is 14.3 Å². The Hall–Kier alpha value is -1.68. The Labute approximate surface area is 130 Å². The quantitative estimate of drug-likeness (QED) is 0.813. The van der Waals surface area contributed by atoms with Gasteiger partial charge in [-0.2, -0.15) is 13.2 Å². The molecular formula is C13H18F3N3O4. The molecule has 10 heteroatoms. The fraction of sp³-hybridized carbons (Fsp3) is 0.769. The minimum Gasteiger partial charge on any atom is -0.423 e. The summed E-state index contributed by atoms with van der Waals surface area (Å²) in [6, 6.07) is -0.620. The van der Waals surface area contributed by atoms with Gasteiger partial charge in [0.25, 0.3) is 0 Å². The minimum absolute atomic E-state index is 0.0278. The number of rotatable bonds is 5. The van der Waals surface area contributed by atoms with E-state index in [4.69, 9.17) is 9.15 Å². The predicted molar refractivity (Wildman–Crippen MR) is 70.5 cm³/mol. The van der Waals surface area contributed by atoms with Gasteiger partial charge >= 0.3 is 6.18 Å². The van der Waals surface area contributed by atoms with Crippen LogP contribution in [0.25, 0.3) is 0 Å². The largest absolute Gasteiger partial charge is 0.423 e. The smallest absolute Gasteiger partial charge is 0.411 e. The van der Waals surface area contributed by atoms with E-state index in [-0.39, 0.29) is 31.6 Å². The van der Waals surface area contributed by atoms with Crippen molar-refractivity contribution in [2.24, 2.45) is 0 Å². The Morgan fingerprint density at radius 3 is 2.78 bits per heavy atom. The maximum absolute atomic E-state index is 12.1. The van der Waals surface area contributed by atoms with Crippen molar-refractivity contribution in [1.29, 1.82) is 0 Å². The number of morpholine rings is 1. The highest BCUT2D eigenvalue weighted by atomic mass is 19.4. The van der Waals surface area contributed by atoms with Gasteiger partial charge in [-0.1, -0.05) is 13.8 Å². The summed E-state index contributed by atoms with van der Waals surface area (Å²) in [7, 11) is 0. The number of amides is 1. The van der Waals surface area contributed by atoms with Crippen molar-refractivity contribution >= 4 is 5.91 Å². The molecule has 2 rings (SSSR count). The Balaban J connectivity index is 2.01. The first kappa shape index (κ1) is 17.7. The van der Waals surface area contributed by atoms with Crippen LogP contribution in [0.5, 0.6) is 0 Å². The van der Waals surface area contributed by atoms with Crippen LogP contribution in [0, 0.1) is 0 Å². The van der Waals surface area contributed by atoms with Gasteiger partial charge < -0.3 is 18.8 Å². The lowest BCUT2D eigenvalue weighted by Gasteiger charge is -2.33. The molecule has 1 amide bonds. The number of carbonyl (C=O) groups is 1. The molecule has 130 valence electrons. The Kier molecular flexibility index (Phi) is 5.58. The predicted octanol–water partition coefficient (Wildman–Crippen LogP) is 1.67. The maximum atomic E-state index is 12.1. The summed E-state index contributed by atoms with van der Waals surface area (Å²) in [6.45, 7) is 2.27. The average Bonchev–Trinajstić information content (AvgIpc) is 2.95. The van der Waals surface area contributed by atoms with E-state index >= 15 is 0 Å². The van der Waals surface area contributed by atoms with Gasteiger partial charge in [-0.15, -0.1) is 10.2 Å². The standard InChI is InChI=1S/C13H18F3N3O4/c1-8(2)11-17-18-12(23-11)9-5-21-4-3-19(9)10(20)6-22-7-13(14,15)16/h8-9H,3-7H2,1-2H3/t9-/m0/s1. The van der Waals surface area contributed by atoms with E-state index in [1.165, 1.54) is 4.90 Å². The lowest BCUT2D eigenvalue weighted by Crippen LogP contribution is -2.45. The van der Waals surface area contributed by atoms with Gasteiger partial charge in [-0.05, 0) is 0 Å². The van der Waals surface area contributed by atoms with E-state index in [1.807, 2.05) is 13.8 Å². The van der Waals surface area contributed by atoms with Gasteiger partial charge in [0.2, 0.25) is 17.7 Å². The molecule has 0 bridgehead atoms. The van der Waals surface area contributed by atoms with Crippen LogP contribution < -0.4 is 0 Å². The van der Waals surface area contributed by atoms with Gasteiger partial charge in [0, 0.05) is 12.5 Å². The monoisotopic (exact) mass is 337 g/mol. The number of halogens is 3. The molecule has 0 N–H and O–H groups in total. The fourth-order valence-electron chi connectivity index (χ4n) is 2.06. The molecule has 1 saturated heterocycles. The summed E-state index contributed by atoms with van der Waals surface area (Å²) >= 11 is 0. The van der Waals surface area contributed by atoms with Crippen molar-refractivity contribution in [3.63, 3.8) is 0 Å². The van der Waals surface area contributed by atoms with Gasteiger partial charge in [-0.3, -0.25) is 4.79 Å². The number of ether oxygens (including phenoxy) is 2. The minimum atomic E-state index is -4.47. The summed E-state index contributed by atoms with van der Waals surface area (Å²) in [5.41, 5.74) is 0. The maximum Gasteiger partial charge on any atom is 0.411 e. The topological polar surface area (TPSA) is 77.7 Å². The molecule has 0 radical (unpaired) electrons. The molecular weight excluding hydrogens is 319 g/mol. The molecule has 2 heterocycles. The van der Waals surface area contributed by atoms with Gasteiger partial charge in [0.05, 0.1) is 13.2 Å². The molecule has 23 heavy (non-hydrogen) atoms. The number of alkyl halides is 3. The number of hydrogen-bond donors (Lipinski definition) is 0. The summed E-state index contributed by atoms with van der Waals surface area (Å²) in [6.07, 6.45) is -4.47. The van der Waals surface area contributed by atoms with Crippen LogP contribution in [-0.4, -0.2) is 60.2 Å². The first-order valence-electron chi connectivity index (χ1n) is 7.13. The molecule has 1 aliphatic heterocycles. The molecule has 0 aliphatic carbocycles. The van der Waals surface area contributed by atoms with Gasteiger partial charge in [0.15, 0.2) is 0 Å². The zero-order valence-electron chi connectivity index (χ0n) is 12.8. The normalized spacial score (nSPS) is 19.4. The van der Waals surface area contributed by atoms with Gasteiger partial charge in [-0.25, -0.2) is 0 Å². The lowest BCUT2D eigenvalue weighted by atomic mass is 10.2. The zero-order chi connectivity index (χ0) is 17.0. The Bertz CT molecular complexity index is 533. The first-order chi connectivity index (χ1) is 10.8. The zero-order valence-corrected chi connectivity index (χ0v) is 12.8. The van der Waals surface area contributed by atoms with E-state index in [2.05, 4.69) is 14.9 Å². The fourth-order valence-corrected chi connectivity index (χ4v) is 2.06. The van der Waals surface area contributed by atoms with Crippen molar-refractivity contribution in [1.82, 2.24) is 15.1 Å². The SMILES string of the molecule is CC(C)c1nnc([C@@H]2COCCN2C(=O)COCC(F)(F)F)o1. The van der Waals surface area contributed by atoms with Crippen molar-refractivity contribution in [2.45, 2.75) is 32.0 Å². The molecule has 7 nitrogen and oxygen atoms in total. The number of carbonyl (C=O) groups excluding carboxylic acids is 1. The second-order valence-electron chi connectivity index (χ2n) is 5.42. The summed E-state index contributed by atoms with van der Waals surface area (Å²) in [4.78, 5) is 13.4. The molecule has 0 aromatic carbocycles. The van der Waals surface area contributed by atoms with Crippen LogP contribution in [0.1, 0.15) is 37.6 Å². The number of hydrogen-bond acceptors (Lipinski definition) is 6. The second-order valence-corrected chi connectivity index (χ2v) is 5.42. The number of aromatic nitrogens is 2. The van der Waals surface area contributed by atoms with Crippen molar-refractivity contribution < 1.29 is 31.9 Å². The Morgan fingerprint density at radius 2 is 2.17 bits per heavy atom. The molecule has 1 atom stereocenters. The van der Waals surface area contributed by atoms with Crippen molar-refractivity contribution in [3.05, 3.63) is 11.8 Å². The third kappa shape index (κ3) is 4.90.